The minimum atomic E-state index is -2.91. The van der Waals surface area contributed by atoms with Crippen molar-refractivity contribution >= 4 is 18.7 Å². The van der Waals surface area contributed by atoms with Crippen molar-refractivity contribution in [3.63, 3.8) is 0 Å². The van der Waals surface area contributed by atoms with E-state index in [1.54, 1.807) is 0 Å². The molecule has 0 aliphatic heterocycles. The first-order valence-corrected chi connectivity index (χ1v) is 10.4. The zero-order valence-corrected chi connectivity index (χ0v) is 15.5. The van der Waals surface area contributed by atoms with E-state index in [1.807, 2.05) is 60.7 Å². The zero-order chi connectivity index (χ0) is 17.5. The molecule has 0 aliphatic carbocycles. The highest BCUT2D eigenvalue weighted by atomic mass is 28.4. The molecule has 2 nitrogen and oxygen atoms in total. The molecule has 0 spiro atoms. The molecular formula is C21H26O2Si. The third kappa shape index (κ3) is 3.96. The average Bonchev–Trinajstić information content (AvgIpc) is 2.62. The van der Waals surface area contributed by atoms with Crippen LogP contribution in [-0.2, 0) is 0 Å². The molecule has 0 heterocycles. The van der Waals surface area contributed by atoms with Crippen LogP contribution in [0.25, 0.3) is 0 Å². The Morgan fingerprint density at radius 3 is 1.75 bits per heavy atom. The summed E-state index contributed by atoms with van der Waals surface area (Å²) in [6, 6.07) is 20.1. The summed E-state index contributed by atoms with van der Waals surface area (Å²) in [4.78, 5) is 11.9. The van der Waals surface area contributed by atoms with E-state index in [4.69, 9.17) is 5.11 Å². The van der Waals surface area contributed by atoms with Gasteiger partial charge in [0, 0.05) is 12.8 Å². The normalized spacial score (nSPS) is 11.7. The van der Waals surface area contributed by atoms with E-state index in [2.05, 4.69) is 25.7 Å². The van der Waals surface area contributed by atoms with Crippen LogP contribution >= 0.6 is 0 Å². The summed E-state index contributed by atoms with van der Waals surface area (Å²) in [5.74, 6) is 6.09. The van der Waals surface area contributed by atoms with Crippen LogP contribution in [0.2, 0.25) is 5.04 Å². The Hall–Kier alpha value is -1.86. The third-order valence-corrected chi connectivity index (χ3v) is 9.15. The number of hydrogen-bond donors (Lipinski definition) is 2. The summed E-state index contributed by atoms with van der Waals surface area (Å²) in [5, 5.41) is 10.6. The Labute approximate surface area is 146 Å². The molecule has 0 fully saturated rings. The maximum absolute atomic E-state index is 11.9. The fourth-order valence-electron chi connectivity index (χ4n) is 3.10. The first-order valence-electron chi connectivity index (χ1n) is 8.42. The monoisotopic (exact) mass is 338 g/mol. The molecule has 0 aromatic heterocycles. The molecule has 0 saturated heterocycles. The third-order valence-electron chi connectivity index (χ3n) is 4.60. The summed E-state index contributed by atoms with van der Waals surface area (Å²) in [6.45, 7) is 4.39. The fraction of sp³-hybridized carbons (Fsp3) is 0.333. The van der Waals surface area contributed by atoms with E-state index in [1.165, 1.54) is 0 Å². The van der Waals surface area contributed by atoms with Gasteiger partial charge in [0.15, 0.2) is 0 Å². The number of hydrogen-bond acceptors (Lipinski definition) is 2. The molecule has 0 saturated carbocycles. The van der Waals surface area contributed by atoms with Gasteiger partial charge >= 0.3 is 0 Å². The summed E-state index contributed by atoms with van der Waals surface area (Å²) in [7, 11) is -2.91. The summed E-state index contributed by atoms with van der Waals surface area (Å²) in [6.07, 6.45) is 2.05. The first-order chi connectivity index (χ1) is 11.5. The van der Waals surface area contributed by atoms with Crippen molar-refractivity contribution in [3.05, 3.63) is 60.7 Å². The van der Waals surface area contributed by atoms with Gasteiger partial charge in [0.05, 0.1) is 6.61 Å². The minimum absolute atomic E-state index is 0.100. The second-order valence-electron chi connectivity index (χ2n) is 6.65. The second kappa shape index (κ2) is 8.30. The van der Waals surface area contributed by atoms with Crippen LogP contribution in [0.3, 0.4) is 0 Å². The fourth-order valence-corrected chi connectivity index (χ4v) is 6.83. The number of aliphatic hydroxyl groups excluding tert-OH is 1. The van der Waals surface area contributed by atoms with Crippen molar-refractivity contribution in [2.24, 2.45) is 0 Å². The van der Waals surface area contributed by atoms with Crippen LogP contribution in [0.5, 0.6) is 0 Å². The molecule has 0 bridgehead atoms. The molecule has 0 radical (unpaired) electrons. The number of benzene rings is 2. The largest absolute Gasteiger partial charge is 0.424 e. The van der Waals surface area contributed by atoms with Gasteiger partial charge in [-0.15, -0.1) is 11.8 Å². The Kier molecular flexibility index (Phi) is 6.39. The van der Waals surface area contributed by atoms with E-state index in [0.717, 1.165) is 23.2 Å². The lowest BCUT2D eigenvalue weighted by atomic mass is 10.1. The standard InChI is InChI=1S/C21H26O2Si/c1-21(2,17-11-3-4-12-18-22)24(23,19-13-7-5-8-14-19)20-15-9-6-10-16-20/h5-10,13-16,22-23H,11-12,17-18H2,1-2H3. The van der Waals surface area contributed by atoms with Gasteiger partial charge in [0.25, 0.3) is 8.32 Å². The number of aliphatic hydroxyl groups is 1. The van der Waals surface area contributed by atoms with E-state index in [0.29, 0.717) is 6.42 Å². The molecule has 2 N–H and O–H groups in total. The van der Waals surface area contributed by atoms with Crippen molar-refractivity contribution in [3.8, 4) is 11.8 Å². The molecule has 0 amide bonds. The van der Waals surface area contributed by atoms with Crippen molar-refractivity contribution in [2.45, 2.75) is 38.1 Å². The van der Waals surface area contributed by atoms with E-state index < -0.39 is 8.32 Å². The highest BCUT2D eigenvalue weighted by Gasteiger charge is 2.49. The molecule has 0 atom stereocenters. The predicted molar refractivity (Wildman–Crippen MR) is 103 cm³/mol. The highest BCUT2D eigenvalue weighted by Crippen LogP contribution is 2.39. The van der Waals surface area contributed by atoms with Gasteiger partial charge in [-0.1, -0.05) is 74.5 Å². The van der Waals surface area contributed by atoms with E-state index >= 15 is 0 Å². The molecule has 0 aliphatic rings. The van der Waals surface area contributed by atoms with Gasteiger partial charge in [-0.2, -0.15) is 0 Å². The summed E-state index contributed by atoms with van der Waals surface area (Å²) >= 11 is 0. The SMILES string of the molecule is CC(C)(CCC#CCCO)[Si](O)(c1ccccc1)c1ccccc1. The average molecular weight is 339 g/mol. The molecule has 2 aromatic carbocycles. The first kappa shape index (κ1) is 18.5. The lowest BCUT2D eigenvalue weighted by molar-refractivity contribution is 0.305. The van der Waals surface area contributed by atoms with Crippen LogP contribution in [0.4, 0.5) is 0 Å². The van der Waals surface area contributed by atoms with Crippen LogP contribution in [0, 0.1) is 11.8 Å². The molecule has 0 unspecified atom stereocenters. The van der Waals surface area contributed by atoms with Crippen molar-refractivity contribution in [1.29, 1.82) is 0 Å². The van der Waals surface area contributed by atoms with Crippen LogP contribution in [0.15, 0.2) is 60.7 Å². The lowest BCUT2D eigenvalue weighted by Crippen LogP contribution is -2.65. The van der Waals surface area contributed by atoms with Crippen molar-refractivity contribution in [2.75, 3.05) is 6.61 Å². The van der Waals surface area contributed by atoms with Gasteiger partial charge in [-0.25, -0.2) is 0 Å². The maximum atomic E-state index is 11.9. The van der Waals surface area contributed by atoms with Gasteiger partial charge in [-0.3, -0.25) is 0 Å². The summed E-state index contributed by atoms with van der Waals surface area (Å²) < 4.78 is 0. The molecule has 24 heavy (non-hydrogen) atoms. The van der Waals surface area contributed by atoms with Gasteiger partial charge < -0.3 is 9.90 Å². The molecule has 2 aromatic rings. The molecule has 3 heteroatoms. The molecular weight excluding hydrogens is 312 g/mol. The second-order valence-corrected chi connectivity index (χ2v) is 10.6. The van der Waals surface area contributed by atoms with Crippen LogP contribution in [0.1, 0.15) is 33.1 Å². The van der Waals surface area contributed by atoms with Gasteiger partial charge in [-0.05, 0) is 21.8 Å². The van der Waals surface area contributed by atoms with Gasteiger partial charge in [0.1, 0.15) is 0 Å². The molecule has 2 rings (SSSR count). The smallest absolute Gasteiger partial charge is 0.258 e. The quantitative estimate of drug-likeness (QED) is 0.628. The Balaban J connectivity index is 2.38. The Morgan fingerprint density at radius 1 is 0.833 bits per heavy atom. The minimum Gasteiger partial charge on any atom is -0.424 e. The highest BCUT2D eigenvalue weighted by molar-refractivity contribution is 6.98. The van der Waals surface area contributed by atoms with Crippen molar-refractivity contribution < 1.29 is 9.90 Å². The topological polar surface area (TPSA) is 40.5 Å². The maximum Gasteiger partial charge on any atom is 0.258 e. The van der Waals surface area contributed by atoms with Crippen LogP contribution < -0.4 is 10.4 Å². The van der Waals surface area contributed by atoms with E-state index in [-0.39, 0.29) is 11.6 Å². The molecule has 126 valence electrons. The van der Waals surface area contributed by atoms with E-state index in [9.17, 15) is 4.80 Å². The zero-order valence-electron chi connectivity index (χ0n) is 14.5. The van der Waals surface area contributed by atoms with Gasteiger partial charge in [0.2, 0.25) is 0 Å². The predicted octanol–water partition coefficient (Wildman–Crippen LogP) is 2.68. The van der Waals surface area contributed by atoms with Crippen LogP contribution in [-0.4, -0.2) is 24.8 Å². The van der Waals surface area contributed by atoms with Crippen molar-refractivity contribution in [1.82, 2.24) is 0 Å². The number of rotatable bonds is 6. The lowest BCUT2D eigenvalue weighted by Gasteiger charge is -2.41. The summed E-state index contributed by atoms with van der Waals surface area (Å²) in [5.41, 5.74) is 0. The Bertz CT molecular complexity index is 645. The Morgan fingerprint density at radius 2 is 1.29 bits per heavy atom.